The molecule has 6 heteroatoms. The first-order valence-electron chi connectivity index (χ1n) is 9.94. The lowest BCUT2D eigenvalue weighted by Crippen LogP contribution is -2.35. The third kappa shape index (κ3) is 4.76. The second kappa shape index (κ2) is 8.53. The summed E-state index contributed by atoms with van der Waals surface area (Å²) in [5.74, 6) is 0.102. The second-order valence-corrected chi connectivity index (χ2v) is 8.44. The highest BCUT2D eigenvalue weighted by Crippen LogP contribution is 2.27. The number of likely N-dealkylation sites (N-methyl/N-ethyl adjacent to an activating group) is 1. The van der Waals surface area contributed by atoms with E-state index in [4.69, 9.17) is 5.10 Å². The van der Waals surface area contributed by atoms with E-state index in [-0.39, 0.29) is 23.8 Å². The van der Waals surface area contributed by atoms with Crippen molar-refractivity contribution in [3.05, 3.63) is 77.5 Å². The molecule has 1 aromatic heterocycles. The van der Waals surface area contributed by atoms with Gasteiger partial charge in [-0.15, -0.1) is 0 Å². The molecular formula is C24H28N4O2. The fourth-order valence-corrected chi connectivity index (χ4v) is 3.09. The minimum atomic E-state index is -0.281. The van der Waals surface area contributed by atoms with Crippen LogP contribution in [0.2, 0.25) is 0 Å². The molecule has 2 aromatic carbocycles. The Kier molecular flexibility index (Phi) is 6.06. The molecule has 1 heterocycles. The van der Waals surface area contributed by atoms with Crippen LogP contribution in [0.25, 0.3) is 5.69 Å². The van der Waals surface area contributed by atoms with Crippen LogP contribution in [0, 0.1) is 6.92 Å². The van der Waals surface area contributed by atoms with Gasteiger partial charge < -0.3 is 10.2 Å². The van der Waals surface area contributed by atoms with Crippen LogP contribution >= 0.6 is 0 Å². The molecule has 0 saturated heterocycles. The number of hydrogen-bond acceptors (Lipinski definition) is 3. The van der Waals surface area contributed by atoms with E-state index in [0.717, 1.165) is 16.9 Å². The Morgan fingerprint density at radius 3 is 2.30 bits per heavy atom. The monoisotopic (exact) mass is 404 g/mol. The number of benzene rings is 2. The Labute approximate surface area is 177 Å². The van der Waals surface area contributed by atoms with Gasteiger partial charge in [0.15, 0.2) is 0 Å². The molecule has 0 aliphatic rings. The number of para-hydroxylation sites is 1. The Bertz CT molecular complexity index is 1050. The van der Waals surface area contributed by atoms with E-state index in [1.54, 1.807) is 36.0 Å². The van der Waals surface area contributed by atoms with E-state index in [0.29, 0.717) is 11.4 Å². The average molecular weight is 405 g/mol. The molecular weight excluding hydrogens is 376 g/mol. The summed E-state index contributed by atoms with van der Waals surface area (Å²) in [6, 6.07) is 18.7. The van der Waals surface area contributed by atoms with E-state index in [2.05, 4.69) is 26.1 Å². The van der Waals surface area contributed by atoms with Crippen molar-refractivity contribution in [1.82, 2.24) is 14.7 Å². The van der Waals surface area contributed by atoms with Gasteiger partial charge in [0.1, 0.15) is 5.82 Å². The Hall–Kier alpha value is -3.41. The Balaban J connectivity index is 1.83. The zero-order valence-corrected chi connectivity index (χ0v) is 18.1. The second-order valence-electron chi connectivity index (χ2n) is 8.44. The van der Waals surface area contributed by atoms with E-state index in [9.17, 15) is 9.59 Å². The van der Waals surface area contributed by atoms with Crippen molar-refractivity contribution in [2.75, 3.05) is 18.9 Å². The van der Waals surface area contributed by atoms with Gasteiger partial charge in [-0.25, -0.2) is 4.68 Å². The van der Waals surface area contributed by atoms with Crippen LogP contribution in [-0.4, -0.2) is 40.1 Å². The molecule has 0 aliphatic heterocycles. The maximum atomic E-state index is 12.7. The average Bonchev–Trinajstić information content (AvgIpc) is 3.12. The lowest BCUT2D eigenvalue weighted by molar-refractivity contribution is -0.116. The number of carbonyl (C=O) groups is 2. The first kappa shape index (κ1) is 21.3. The van der Waals surface area contributed by atoms with Crippen LogP contribution in [0.5, 0.6) is 0 Å². The molecule has 0 bridgehead atoms. The van der Waals surface area contributed by atoms with Crippen LogP contribution in [0.15, 0.2) is 60.7 Å². The molecule has 0 aliphatic carbocycles. The number of anilines is 1. The van der Waals surface area contributed by atoms with Gasteiger partial charge in [-0.3, -0.25) is 9.59 Å². The molecule has 0 unspecified atom stereocenters. The standard InChI is InChI=1S/C24H28N4O2/c1-17-11-9-10-14-19(17)28-21(15-20(26-28)24(2,3)4)25-22(29)16-27(5)23(30)18-12-7-6-8-13-18/h6-15H,16H2,1-5H3,(H,25,29). The molecule has 156 valence electrons. The number of rotatable bonds is 5. The van der Waals surface area contributed by atoms with Gasteiger partial charge in [0.2, 0.25) is 5.91 Å². The number of aryl methyl sites for hydroxylation is 1. The summed E-state index contributed by atoms with van der Waals surface area (Å²) in [4.78, 5) is 26.7. The molecule has 30 heavy (non-hydrogen) atoms. The number of aromatic nitrogens is 2. The first-order chi connectivity index (χ1) is 14.2. The predicted octanol–water partition coefficient (Wildman–Crippen LogP) is 4.19. The van der Waals surface area contributed by atoms with Gasteiger partial charge in [0.25, 0.3) is 5.91 Å². The number of nitrogens with zero attached hydrogens (tertiary/aromatic N) is 3. The zero-order valence-electron chi connectivity index (χ0n) is 18.1. The smallest absolute Gasteiger partial charge is 0.254 e. The lowest BCUT2D eigenvalue weighted by Gasteiger charge is -2.17. The topological polar surface area (TPSA) is 67.2 Å². The maximum absolute atomic E-state index is 12.7. The first-order valence-corrected chi connectivity index (χ1v) is 9.94. The largest absolute Gasteiger partial charge is 0.332 e. The molecule has 1 N–H and O–H groups in total. The summed E-state index contributed by atoms with van der Waals surface area (Å²) < 4.78 is 1.76. The normalized spacial score (nSPS) is 11.2. The molecule has 2 amide bonds. The molecule has 3 aromatic rings. The van der Waals surface area contributed by atoms with Crippen molar-refractivity contribution in [2.24, 2.45) is 0 Å². The van der Waals surface area contributed by atoms with E-state index >= 15 is 0 Å². The molecule has 0 spiro atoms. The van der Waals surface area contributed by atoms with Gasteiger partial charge >= 0.3 is 0 Å². The van der Waals surface area contributed by atoms with Crippen LogP contribution in [0.1, 0.15) is 42.4 Å². The summed E-state index contributed by atoms with van der Waals surface area (Å²) in [6.07, 6.45) is 0. The summed E-state index contributed by atoms with van der Waals surface area (Å²) in [5, 5.41) is 7.68. The molecule has 0 radical (unpaired) electrons. The van der Waals surface area contributed by atoms with E-state index in [1.807, 2.05) is 43.3 Å². The molecule has 0 atom stereocenters. The fourth-order valence-electron chi connectivity index (χ4n) is 3.09. The molecule has 6 nitrogen and oxygen atoms in total. The van der Waals surface area contributed by atoms with E-state index in [1.165, 1.54) is 4.90 Å². The highest BCUT2D eigenvalue weighted by Gasteiger charge is 2.23. The van der Waals surface area contributed by atoms with Crippen molar-refractivity contribution in [1.29, 1.82) is 0 Å². The van der Waals surface area contributed by atoms with Crippen LogP contribution in [0.3, 0.4) is 0 Å². The van der Waals surface area contributed by atoms with Crippen LogP contribution in [0.4, 0.5) is 5.82 Å². The highest BCUT2D eigenvalue weighted by molar-refractivity contribution is 5.99. The predicted molar refractivity (Wildman–Crippen MR) is 119 cm³/mol. The van der Waals surface area contributed by atoms with Crippen molar-refractivity contribution in [3.63, 3.8) is 0 Å². The van der Waals surface area contributed by atoms with E-state index < -0.39 is 0 Å². The third-order valence-corrected chi connectivity index (χ3v) is 4.84. The quantitative estimate of drug-likeness (QED) is 0.693. The van der Waals surface area contributed by atoms with Crippen LogP contribution in [-0.2, 0) is 10.2 Å². The zero-order chi connectivity index (χ0) is 21.9. The summed E-state index contributed by atoms with van der Waals surface area (Å²) >= 11 is 0. The highest BCUT2D eigenvalue weighted by atomic mass is 16.2. The van der Waals surface area contributed by atoms with Crippen molar-refractivity contribution in [2.45, 2.75) is 33.1 Å². The Morgan fingerprint density at radius 1 is 1.03 bits per heavy atom. The minimum absolute atomic E-state index is 0.0580. The summed E-state index contributed by atoms with van der Waals surface area (Å²) in [7, 11) is 1.62. The van der Waals surface area contributed by atoms with Gasteiger partial charge in [-0.1, -0.05) is 57.2 Å². The van der Waals surface area contributed by atoms with Crippen molar-refractivity contribution in [3.8, 4) is 5.69 Å². The van der Waals surface area contributed by atoms with Gasteiger partial charge in [0, 0.05) is 24.1 Å². The number of carbonyl (C=O) groups excluding carboxylic acids is 2. The molecule has 3 rings (SSSR count). The number of hydrogen-bond donors (Lipinski definition) is 1. The lowest BCUT2D eigenvalue weighted by atomic mass is 9.92. The van der Waals surface area contributed by atoms with Crippen molar-refractivity contribution >= 4 is 17.6 Å². The Morgan fingerprint density at radius 2 is 1.67 bits per heavy atom. The summed E-state index contributed by atoms with van der Waals surface area (Å²) in [6.45, 7) is 8.18. The fraction of sp³-hybridized carbons (Fsp3) is 0.292. The van der Waals surface area contributed by atoms with Crippen molar-refractivity contribution < 1.29 is 9.59 Å². The van der Waals surface area contributed by atoms with Gasteiger partial charge in [0.05, 0.1) is 17.9 Å². The third-order valence-electron chi connectivity index (χ3n) is 4.84. The van der Waals surface area contributed by atoms with Gasteiger partial charge in [-0.2, -0.15) is 5.10 Å². The number of amides is 2. The minimum Gasteiger partial charge on any atom is -0.332 e. The molecule has 0 saturated carbocycles. The maximum Gasteiger partial charge on any atom is 0.254 e. The molecule has 0 fully saturated rings. The summed E-state index contributed by atoms with van der Waals surface area (Å²) in [5.41, 5.74) is 3.19. The van der Waals surface area contributed by atoms with Gasteiger partial charge in [-0.05, 0) is 30.7 Å². The SMILES string of the molecule is Cc1ccccc1-n1nc(C(C)(C)C)cc1NC(=O)CN(C)C(=O)c1ccccc1. The van der Waals surface area contributed by atoms with Crippen LogP contribution < -0.4 is 5.32 Å². The number of nitrogens with one attached hydrogen (secondary N) is 1.